The number of benzene rings is 2. The number of nitrogens with one attached hydrogen (secondary N) is 1. The van der Waals surface area contributed by atoms with Gasteiger partial charge in [-0.3, -0.25) is 0 Å². The van der Waals surface area contributed by atoms with Crippen molar-refractivity contribution in [3.05, 3.63) is 42.0 Å². The van der Waals surface area contributed by atoms with Gasteiger partial charge in [-0.25, -0.2) is 4.21 Å². The number of ether oxygens (including phenoxy) is 2. The van der Waals surface area contributed by atoms with Crippen LogP contribution in [-0.2, 0) is 11.0 Å². The summed E-state index contributed by atoms with van der Waals surface area (Å²) < 4.78 is 25.5. The minimum atomic E-state index is -1.47. The first-order chi connectivity index (χ1) is 10.0. The first kappa shape index (κ1) is 15.2. The molecule has 0 aromatic heterocycles. The second kappa shape index (κ2) is 6.49. The van der Waals surface area contributed by atoms with Crippen LogP contribution in [0, 0.1) is 6.92 Å². The number of phenolic OH excluding ortho intramolecular Hbond substituents is 1. The van der Waals surface area contributed by atoms with Crippen LogP contribution in [-0.4, -0.2) is 23.5 Å². The minimum Gasteiger partial charge on any atom is -0.508 e. The molecule has 0 spiro atoms. The molecule has 0 aliphatic rings. The van der Waals surface area contributed by atoms with Gasteiger partial charge in [0.25, 0.3) is 0 Å². The van der Waals surface area contributed by atoms with Crippen molar-refractivity contribution in [1.82, 2.24) is 0 Å². The van der Waals surface area contributed by atoms with Crippen LogP contribution < -0.4 is 14.2 Å². The van der Waals surface area contributed by atoms with E-state index >= 15 is 0 Å². The van der Waals surface area contributed by atoms with Crippen LogP contribution in [0.4, 0.5) is 5.69 Å². The molecule has 2 aromatic rings. The van der Waals surface area contributed by atoms with E-state index in [2.05, 4.69) is 4.72 Å². The van der Waals surface area contributed by atoms with Crippen LogP contribution in [0.2, 0.25) is 0 Å². The highest BCUT2D eigenvalue weighted by Gasteiger charge is 2.10. The van der Waals surface area contributed by atoms with E-state index in [1.165, 1.54) is 13.2 Å². The lowest BCUT2D eigenvalue weighted by molar-refractivity contribution is 0.354. The highest BCUT2D eigenvalue weighted by molar-refractivity contribution is 7.86. The van der Waals surface area contributed by atoms with E-state index in [4.69, 9.17) is 9.47 Å². The normalized spacial score (nSPS) is 11.8. The van der Waals surface area contributed by atoms with Gasteiger partial charge in [0.05, 0.1) is 24.8 Å². The van der Waals surface area contributed by atoms with Crippen LogP contribution in [0.15, 0.2) is 41.3 Å². The lowest BCUT2D eigenvalue weighted by atomic mass is 10.2. The quantitative estimate of drug-likeness (QED) is 0.891. The topological polar surface area (TPSA) is 67.8 Å². The number of methoxy groups -OCH3 is 2. The van der Waals surface area contributed by atoms with Crippen LogP contribution in [0.3, 0.4) is 0 Å². The monoisotopic (exact) mass is 307 g/mol. The molecule has 0 saturated carbocycles. The number of anilines is 1. The van der Waals surface area contributed by atoms with Gasteiger partial charge < -0.3 is 19.3 Å². The zero-order valence-corrected chi connectivity index (χ0v) is 12.9. The van der Waals surface area contributed by atoms with E-state index in [-0.39, 0.29) is 5.75 Å². The lowest BCUT2D eigenvalue weighted by Gasteiger charge is -2.11. The Morgan fingerprint density at radius 3 is 2.38 bits per heavy atom. The first-order valence-corrected chi connectivity index (χ1v) is 7.40. The van der Waals surface area contributed by atoms with Crippen molar-refractivity contribution in [2.75, 3.05) is 18.9 Å². The van der Waals surface area contributed by atoms with E-state index in [0.717, 1.165) is 5.56 Å². The number of aromatic hydroxyl groups is 1. The van der Waals surface area contributed by atoms with Crippen LogP contribution in [0.5, 0.6) is 17.2 Å². The molecule has 6 heteroatoms. The van der Waals surface area contributed by atoms with Gasteiger partial charge in [-0.05, 0) is 30.7 Å². The number of hydrogen-bond acceptors (Lipinski definition) is 4. The van der Waals surface area contributed by atoms with Crippen LogP contribution >= 0.6 is 0 Å². The summed E-state index contributed by atoms with van der Waals surface area (Å²) in [5, 5.41) is 9.66. The molecule has 0 aliphatic carbocycles. The largest absolute Gasteiger partial charge is 0.508 e. The zero-order valence-electron chi connectivity index (χ0n) is 12.0. The van der Waals surface area contributed by atoms with Gasteiger partial charge in [0, 0.05) is 12.1 Å². The molecule has 0 saturated heterocycles. The molecule has 5 nitrogen and oxygen atoms in total. The molecule has 0 amide bonds. The highest BCUT2D eigenvalue weighted by atomic mass is 32.2. The Kier molecular flexibility index (Phi) is 4.70. The SMILES string of the molecule is COc1ccc(S(=O)Nc2ccc(C)c(O)c2)cc1OC. The molecule has 2 rings (SSSR count). The molecule has 1 atom stereocenters. The molecule has 1 unspecified atom stereocenters. The van der Waals surface area contributed by atoms with Crippen molar-refractivity contribution in [3.63, 3.8) is 0 Å². The third kappa shape index (κ3) is 3.46. The molecule has 2 aromatic carbocycles. The molecule has 112 valence electrons. The summed E-state index contributed by atoms with van der Waals surface area (Å²) in [7, 11) is 1.60. The molecule has 0 bridgehead atoms. The van der Waals surface area contributed by atoms with Crippen molar-refractivity contribution in [1.29, 1.82) is 0 Å². The number of phenols is 1. The van der Waals surface area contributed by atoms with E-state index in [9.17, 15) is 9.32 Å². The molecule has 0 radical (unpaired) electrons. The Morgan fingerprint density at radius 2 is 1.76 bits per heavy atom. The summed E-state index contributed by atoms with van der Waals surface area (Å²) in [5.74, 6) is 1.24. The lowest BCUT2D eigenvalue weighted by Crippen LogP contribution is -2.05. The molecule has 0 heterocycles. The van der Waals surface area contributed by atoms with Crippen molar-refractivity contribution >= 4 is 16.7 Å². The second-order valence-electron chi connectivity index (χ2n) is 4.39. The Labute approximate surface area is 126 Å². The molecule has 2 N–H and O–H groups in total. The standard InChI is InChI=1S/C15H17NO4S/c1-10-4-5-11(8-13(10)17)16-21(18)12-6-7-14(19-2)15(9-12)20-3/h4-9,16-17H,1-3H3. The highest BCUT2D eigenvalue weighted by Crippen LogP contribution is 2.29. The van der Waals surface area contributed by atoms with E-state index in [0.29, 0.717) is 22.1 Å². The van der Waals surface area contributed by atoms with Gasteiger partial charge in [0.2, 0.25) is 0 Å². The zero-order chi connectivity index (χ0) is 15.4. The molecule has 21 heavy (non-hydrogen) atoms. The first-order valence-electron chi connectivity index (χ1n) is 6.25. The average molecular weight is 307 g/mol. The van der Waals surface area contributed by atoms with E-state index in [1.807, 2.05) is 0 Å². The van der Waals surface area contributed by atoms with Crippen LogP contribution in [0.1, 0.15) is 5.56 Å². The van der Waals surface area contributed by atoms with Gasteiger partial charge in [-0.1, -0.05) is 6.07 Å². The Hall–Kier alpha value is -2.21. The number of rotatable bonds is 5. The second-order valence-corrected chi connectivity index (χ2v) is 5.60. The Balaban J connectivity index is 2.21. The van der Waals surface area contributed by atoms with Crippen molar-refractivity contribution < 1.29 is 18.8 Å². The summed E-state index contributed by atoms with van der Waals surface area (Å²) in [6, 6.07) is 10.1. The van der Waals surface area contributed by atoms with Crippen molar-refractivity contribution in [2.45, 2.75) is 11.8 Å². The maximum Gasteiger partial charge on any atom is 0.161 e. The predicted octanol–water partition coefficient (Wildman–Crippen LogP) is 2.85. The average Bonchev–Trinajstić information content (AvgIpc) is 2.50. The summed E-state index contributed by atoms with van der Waals surface area (Å²) in [4.78, 5) is 0.549. The van der Waals surface area contributed by atoms with E-state index < -0.39 is 11.0 Å². The fraction of sp³-hybridized carbons (Fsp3) is 0.200. The fourth-order valence-electron chi connectivity index (χ4n) is 1.77. The fourth-order valence-corrected chi connectivity index (χ4v) is 2.64. The predicted molar refractivity (Wildman–Crippen MR) is 82.4 cm³/mol. The molecular weight excluding hydrogens is 290 g/mol. The van der Waals surface area contributed by atoms with Gasteiger partial charge in [0.15, 0.2) is 11.5 Å². The Morgan fingerprint density at radius 1 is 1.05 bits per heavy atom. The maximum atomic E-state index is 12.3. The van der Waals surface area contributed by atoms with Gasteiger partial charge >= 0.3 is 0 Å². The molecular formula is C15H17NO4S. The molecule has 0 aliphatic heterocycles. The van der Waals surface area contributed by atoms with E-state index in [1.54, 1.807) is 44.4 Å². The summed E-state index contributed by atoms with van der Waals surface area (Å²) in [6.07, 6.45) is 0. The number of hydrogen-bond donors (Lipinski definition) is 2. The summed E-state index contributed by atoms with van der Waals surface area (Å²) in [6.45, 7) is 1.80. The smallest absolute Gasteiger partial charge is 0.161 e. The third-order valence-corrected chi connectivity index (χ3v) is 4.09. The van der Waals surface area contributed by atoms with Crippen molar-refractivity contribution in [3.8, 4) is 17.2 Å². The minimum absolute atomic E-state index is 0.157. The van der Waals surface area contributed by atoms with Gasteiger partial charge in [-0.2, -0.15) is 0 Å². The summed E-state index contributed by atoms with van der Waals surface area (Å²) >= 11 is 0. The van der Waals surface area contributed by atoms with Crippen LogP contribution in [0.25, 0.3) is 0 Å². The maximum absolute atomic E-state index is 12.3. The third-order valence-electron chi connectivity index (χ3n) is 2.99. The number of aryl methyl sites for hydroxylation is 1. The van der Waals surface area contributed by atoms with Crippen molar-refractivity contribution in [2.24, 2.45) is 0 Å². The van der Waals surface area contributed by atoms with Gasteiger partial charge in [0.1, 0.15) is 16.7 Å². The molecule has 0 fully saturated rings. The van der Waals surface area contributed by atoms with Gasteiger partial charge in [-0.15, -0.1) is 0 Å². The Bertz CT molecular complexity index is 673. The summed E-state index contributed by atoms with van der Waals surface area (Å²) in [5.41, 5.74) is 1.34.